The van der Waals surface area contributed by atoms with Crippen molar-refractivity contribution in [3.8, 4) is 11.5 Å². The predicted octanol–water partition coefficient (Wildman–Crippen LogP) is 2.24. The third-order valence-corrected chi connectivity index (χ3v) is 3.60. The van der Waals surface area contributed by atoms with Gasteiger partial charge in [-0.1, -0.05) is 6.07 Å². The fourth-order valence-electron chi connectivity index (χ4n) is 2.38. The van der Waals surface area contributed by atoms with E-state index in [0.29, 0.717) is 39.6 Å². The minimum atomic E-state index is 0.580. The number of guanidine groups is 1. The Morgan fingerprint density at radius 2 is 1.74 bits per heavy atom. The minimum absolute atomic E-state index is 0.580. The topological polar surface area (TPSA) is 73.3 Å². The van der Waals surface area contributed by atoms with Crippen LogP contribution in [0.1, 0.15) is 26.3 Å². The Hall–Kier alpha value is -1.99. The van der Waals surface area contributed by atoms with E-state index in [9.17, 15) is 0 Å². The molecule has 0 saturated heterocycles. The molecule has 0 heterocycles. The van der Waals surface area contributed by atoms with Crippen molar-refractivity contribution in [2.24, 2.45) is 4.99 Å². The number of ether oxygens (including phenoxy) is 4. The summed E-state index contributed by atoms with van der Waals surface area (Å²) in [5, 5.41) is 6.59. The highest BCUT2D eigenvalue weighted by Gasteiger charge is 2.06. The Labute approximate surface area is 163 Å². The highest BCUT2D eigenvalue weighted by molar-refractivity contribution is 5.79. The van der Waals surface area contributed by atoms with Crippen molar-refractivity contribution in [3.63, 3.8) is 0 Å². The van der Waals surface area contributed by atoms with E-state index >= 15 is 0 Å². The van der Waals surface area contributed by atoms with Gasteiger partial charge < -0.3 is 29.6 Å². The van der Waals surface area contributed by atoms with E-state index in [4.69, 9.17) is 18.9 Å². The Bertz CT molecular complexity index is 538. The molecule has 2 N–H and O–H groups in total. The average Bonchev–Trinajstić information content (AvgIpc) is 2.67. The lowest BCUT2D eigenvalue weighted by Gasteiger charge is -2.14. The van der Waals surface area contributed by atoms with Crippen LogP contribution in [-0.2, 0) is 15.9 Å². The van der Waals surface area contributed by atoms with E-state index in [0.717, 1.165) is 37.0 Å². The van der Waals surface area contributed by atoms with Crippen LogP contribution in [0.4, 0.5) is 0 Å². The summed E-state index contributed by atoms with van der Waals surface area (Å²) < 4.78 is 21.7. The molecule has 0 saturated carbocycles. The number of benzene rings is 1. The van der Waals surface area contributed by atoms with Gasteiger partial charge in [-0.2, -0.15) is 0 Å². The number of nitrogens with zero attached hydrogens (tertiary/aromatic N) is 1. The number of hydrogen-bond donors (Lipinski definition) is 2. The number of hydrogen-bond acceptors (Lipinski definition) is 5. The summed E-state index contributed by atoms with van der Waals surface area (Å²) in [6.07, 6.45) is 0.862. The van der Waals surface area contributed by atoms with Crippen molar-refractivity contribution >= 4 is 5.96 Å². The van der Waals surface area contributed by atoms with Gasteiger partial charge in [-0.05, 0) is 44.9 Å². The van der Waals surface area contributed by atoms with E-state index in [2.05, 4.69) is 21.7 Å². The molecule has 0 aliphatic rings. The Morgan fingerprint density at radius 1 is 0.963 bits per heavy atom. The lowest BCUT2D eigenvalue weighted by Crippen LogP contribution is -2.38. The normalized spacial score (nSPS) is 11.3. The van der Waals surface area contributed by atoms with Crippen molar-refractivity contribution in [1.29, 1.82) is 0 Å². The van der Waals surface area contributed by atoms with Gasteiger partial charge in [-0.3, -0.25) is 4.99 Å². The molecule has 154 valence electrons. The maximum atomic E-state index is 5.69. The Kier molecular flexibility index (Phi) is 12.9. The van der Waals surface area contributed by atoms with E-state index in [1.807, 2.05) is 32.9 Å². The lowest BCUT2D eigenvalue weighted by atomic mass is 10.1. The lowest BCUT2D eigenvalue weighted by molar-refractivity contribution is 0.0748. The van der Waals surface area contributed by atoms with Gasteiger partial charge in [0.1, 0.15) is 0 Å². The van der Waals surface area contributed by atoms with Crippen LogP contribution < -0.4 is 20.1 Å². The zero-order valence-electron chi connectivity index (χ0n) is 17.2. The average molecular weight is 382 g/mol. The molecule has 0 atom stereocenters. The summed E-state index contributed by atoms with van der Waals surface area (Å²) in [6.45, 7) is 11.2. The molecule has 1 rings (SSSR count). The second kappa shape index (κ2) is 15.1. The van der Waals surface area contributed by atoms with Gasteiger partial charge >= 0.3 is 0 Å². The SMILES string of the molecule is CCNC(=NCCOCCOC)NCCc1ccc(OCC)c(OCC)c1. The zero-order chi connectivity index (χ0) is 19.7. The largest absolute Gasteiger partial charge is 0.490 e. The molecule has 0 aliphatic heterocycles. The molecule has 0 amide bonds. The molecule has 7 heteroatoms. The highest BCUT2D eigenvalue weighted by Crippen LogP contribution is 2.28. The molecule has 0 aromatic heterocycles. The minimum Gasteiger partial charge on any atom is -0.490 e. The number of nitrogens with one attached hydrogen (secondary N) is 2. The third kappa shape index (κ3) is 10.1. The summed E-state index contributed by atoms with van der Waals surface area (Å²) in [7, 11) is 1.66. The van der Waals surface area contributed by atoms with Gasteiger partial charge in [0.05, 0.1) is 39.6 Å². The van der Waals surface area contributed by atoms with Crippen LogP contribution in [0.2, 0.25) is 0 Å². The molecule has 0 spiro atoms. The monoisotopic (exact) mass is 381 g/mol. The smallest absolute Gasteiger partial charge is 0.191 e. The van der Waals surface area contributed by atoms with Gasteiger partial charge in [0.25, 0.3) is 0 Å². The van der Waals surface area contributed by atoms with Gasteiger partial charge in [0.2, 0.25) is 0 Å². The van der Waals surface area contributed by atoms with Crippen molar-refractivity contribution in [2.75, 3.05) is 59.8 Å². The first-order chi connectivity index (χ1) is 13.2. The molecule has 0 unspecified atom stereocenters. The quantitative estimate of drug-likeness (QED) is 0.293. The summed E-state index contributed by atoms with van der Waals surface area (Å²) in [4.78, 5) is 4.51. The molecule has 0 bridgehead atoms. The van der Waals surface area contributed by atoms with Crippen LogP contribution in [-0.4, -0.2) is 65.7 Å². The number of aliphatic imine (C=N–C) groups is 1. The molecular weight excluding hydrogens is 346 g/mol. The summed E-state index contributed by atoms with van der Waals surface area (Å²) in [6, 6.07) is 6.09. The molecule has 27 heavy (non-hydrogen) atoms. The van der Waals surface area contributed by atoms with Crippen LogP contribution in [0.3, 0.4) is 0 Å². The second-order valence-corrected chi connectivity index (χ2v) is 5.69. The van der Waals surface area contributed by atoms with E-state index in [1.54, 1.807) is 7.11 Å². The first kappa shape index (κ1) is 23.0. The zero-order valence-corrected chi connectivity index (χ0v) is 17.2. The fourth-order valence-corrected chi connectivity index (χ4v) is 2.38. The summed E-state index contributed by atoms with van der Waals surface area (Å²) in [5.74, 6) is 2.38. The molecule has 1 aromatic rings. The number of methoxy groups -OCH3 is 1. The standard InChI is InChI=1S/C20H35N3O4/c1-5-21-20(23-12-13-25-15-14-24-4)22-11-10-17-8-9-18(26-6-2)19(16-17)27-7-3/h8-9,16H,5-7,10-15H2,1-4H3,(H2,21,22,23). The first-order valence-corrected chi connectivity index (χ1v) is 9.72. The van der Waals surface area contributed by atoms with Gasteiger partial charge in [-0.25, -0.2) is 0 Å². The van der Waals surface area contributed by atoms with Gasteiger partial charge in [0.15, 0.2) is 17.5 Å². The third-order valence-electron chi connectivity index (χ3n) is 3.60. The Morgan fingerprint density at radius 3 is 2.44 bits per heavy atom. The highest BCUT2D eigenvalue weighted by atomic mass is 16.5. The molecule has 1 aromatic carbocycles. The predicted molar refractivity (Wildman–Crippen MR) is 109 cm³/mol. The molecule has 0 fully saturated rings. The van der Waals surface area contributed by atoms with Crippen molar-refractivity contribution in [2.45, 2.75) is 27.2 Å². The van der Waals surface area contributed by atoms with Crippen LogP contribution in [0.25, 0.3) is 0 Å². The molecule has 0 aliphatic carbocycles. The van der Waals surface area contributed by atoms with Crippen molar-refractivity contribution in [3.05, 3.63) is 23.8 Å². The first-order valence-electron chi connectivity index (χ1n) is 9.72. The molecule has 0 radical (unpaired) electrons. The van der Waals surface area contributed by atoms with Crippen molar-refractivity contribution in [1.82, 2.24) is 10.6 Å². The van der Waals surface area contributed by atoms with Crippen molar-refractivity contribution < 1.29 is 18.9 Å². The van der Waals surface area contributed by atoms with Crippen LogP contribution in [0.15, 0.2) is 23.2 Å². The van der Waals surface area contributed by atoms with Gasteiger partial charge in [0, 0.05) is 20.2 Å². The van der Waals surface area contributed by atoms with Crippen LogP contribution >= 0.6 is 0 Å². The molecular formula is C20H35N3O4. The van der Waals surface area contributed by atoms with E-state index < -0.39 is 0 Å². The maximum absolute atomic E-state index is 5.69. The summed E-state index contributed by atoms with van der Waals surface area (Å²) in [5.41, 5.74) is 1.19. The fraction of sp³-hybridized carbons (Fsp3) is 0.650. The van der Waals surface area contributed by atoms with E-state index in [-0.39, 0.29) is 0 Å². The van der Waals surface area contributed by atoms with E-state index in [1.165, 1.54) is 5.56 Å². The number of rotatable bonds is 14. The van der Waals surface area contributed by atoms with Gasteiger partial charge in [-0.15, -0.1) is 0 Å². The maximum Gasteiger partial charge on any atom is 0.191 e. The molecule has 7 nitrogen and oxygen atoms in total. The Balaban J connectivity index is 2.48. The van der Waals surface area contributed by atoms with Crippen LogP contribution in [0.5, 0.6) is 11.5 Å². The van der Waals surface area contributed by atoms with Crippen LogP contribution in [0, 0.1) is 0 Å². The summed E-state index contributed by atoms with van der Waals surface area (Å²) >= 11 is 0. The second-order valence-electron chi connectivity index (χ2n) is 5.69.